The molecule has 0 radical (unpaired) electrons. The van der Waals surface area contributed by atoms with Crippen molar-refractivity contribution in [1.29, 1.82) is 0 Å². The smallest absolute Gasteiger partial charge is 0.0156 e. The van der Waals surface area contributed by atoms with Gasteiger partial charge in [0.25, 0.3) is 0 Å². The second-order valence-electron chi connectivity index (χ2n) is 3.29. The van der Waals surface area contributed by atoms with Crippen molar-refractivity contribution in [1.82, 2.24) is 5.01 Å². The van der Waals surface area contributed by atoms with E-state index in [1.807, 2.05) is 5.01 Å². The fourth-order valence-electron chi connectivity index (χ4n) is 1.74. The lowest BCUT2D eigenvalue weighted by molar-refractivity contribution is 0.171. The molecular weight excluding hydrogens is 124 g/mol. The van der Waals surface area contributed by atoms with Gasteiger partial charge in [-0.25, -0.2) is 5.01 Å². The number of nitrogens with two attached hydrogens (primary N) is 1. The molecule has 0 bridgehead atoms. The van der Waals surface area contributed by atoms with Gasteiger partial charge in [-0.2, -0.15) is 0 Å². The van der Waals surface area contributed by atoms with E-state index < -0.39 is 0 Å². The summed E-state index contributed by atoms with van der Waals surface area (Å²) in [6, 6.07) is 0. The van der Waals surface area contributed by atoms with E-state index in [1.165, 1.54) is 25.7 Å². The highest BCUT2D eigenvalue weighted by Crippen LogP contribution is 2.18. The highest BCUT2D eigenvalue weighted by molar-refractivity contribution is 4.68. The van der Waals surface area contributed by atoms with Gasteiger partial charge in [-0.15, -0.1) is 0 Å². The molecule has 1 saturated heterocycles. The molecule has 0 aromatic carbocycles. The van der Waals surface area contributed by atoms with Gasteiger partial charge >= 0.3 is 0 Å². The standard InChI is InChI=1S/C8H18N2/c1-2-4-8-5-3-6-10(9)7-8/h8H,2-7,9H2,1H3. The SMILES string of the molecule is CCCC1CCCN(N)C1. The summed E-state index contributed by atoms with van der Waals surface area (Å²) in [5.41, 5.74) is 0. The first kappa shape index (κ1) is 8.02. The summed E-state index contributed by atoms with van der Waals surface area (Å²) >= 11 is 0. The molecule has 0 spiro atoms. The zero-order chi connectivity index (χ0) is 7.40. The molecule has 1 aliphatic heterocycles. The van der Waals surface area contributed by atoms with Crippen LogP contribution in [0, 0.1) is 5.92 Å². The van der Waals surface area contributed by atoms with Gasteiger partial charge in [-0.1, -0.05) is 13.3 Å². The summed E-state index contributed by atoms with van der Waals surface area (Å²) in [5.74, 6) is 6.57. The Morgan fingerprint density at radius 3 is 3.00 bits per heavy atom. The number of hydrazine groups is 1. The summed E-state index contributed by atoms with van der Waals surface area (Å²) in [4.78, 5) is 0. The average molecular weight is 142 g/mol. The first-order valence-electron chi connectivity index (χ1n) is 4.32. The number of hydrogen-bond donors (Lipinski definition) is 1. The van der Waals surface area contributed by atoms with E-state index in [1.54, 1.807) is 0 Å². The molecule has 1 unspecified atom stereocenters. The van der Waals surface area contributed by atoms with Gasteiger partial charge in [0.2, 0.25) is 0 Å². The van der Waals surface area contributed by atoms with Crippen LogP contribution in [0.4, 0.5) is 0 Å². The largest absolute Gasteiger partial charge is 0.269 e. The summed E-state index contributed by atoms with van der Waals surface area (Å²) in [7, 11) is 0. The molecule has 60 valence electrons. The Morgan fingerprint density at radius 1 is 1.60 bits per heavy atom. The molecule has 1 rings (SSSR count). The van der Waals surface area contributed by atoms with Crippen LogP contribution in [0.15, 0.2) is 0 Å². The minimum absolute atomic E-state index is 0.878. The third-order valence-corrected chi connectivity index (χ3v) is 2.25. The number of hydrogen-bond acceptors (Lipinski definition) is 2. The van der Waals surface area contributed by atoms with Crippen LogP contribution in [-0.2, 0) is 0 Å². The first-order chi connectivity index (χ1) is 4.83. The van der Waals surface area contributed by atoms with Crippen LogP contribution in [0.1, 0.15) is 32.6 Å². The van der Waals surface area contributed by atoms with Crippen molar-refractivity contribution >= 4 is 0 Å². The highest BCUT2D eigenvalue weighted by atomic mass is 15.4. The Balaban J connectivity index is 2.18. The van der Waals surface area contributed by atoms with Crippen LogP contribution in [0.5, 0.6) is 0 Å². The van der Waals surface area contributed by atoms with Crippen LogP contribution in [0.25, 0.3) is 0 Å². The molecule has 0 aromatic rings. The second kappa shape index (κ2) is 3.94. The lowest BCUT2D eigenvalue weighted by Crippen LogP contribution is -2.40. The number of piperidine rings is 1. The fraction of sp³-hybridized carbons (Fsp3) is 1.00. The van der Waals surface area contributed by atoms with Gasteiger partial charge in [-0.05, 0) is 25.2 Å². The molecule has 10 heavy (non-hydrogen) atoms. The summed E-state index contributed by atoms with van der Waals surface area (Å²) in [6.07, 6.45) is 5.34. The maximum atomic E-state index is 5.69. The van der Waals surface area contributed by atoms with Crippen molar-refractivity contribution in [3.63, 3.8) is 0 Å². The molecular formula is C8H18N2. The Morgan fingerprint density at radius 2 is 2.40 bits per heavy atom. The third-order valence-electron chi connectivity index (χ3n) is 2.25. The van der Waals surface area contributed by atoms with E-state index in [0.717, 1.165) is 19.0 Å². The number of nitrogens with zero attached hydrogens (tertiary/aromatic N) is 1. The van der Waals surface area contributed by atoms with Crippen LogP contribution < -0.4 is 5.84 Å². The van der Waals surface area contributed by atoms with E-state index in [2.05, 4.69) is 6.92 Å². The van der Waals surface area contributed by atoms with Crippen LogP contribution in [0.2, 0.25) is 0 Å². The van der Waals surface area contributed by atoms with Gasteiger partial charge in [0.15, 0.2) is 0 Å². The van der Waals surface area contributed by atoms with E-state index in [0.29, 0.717) is 0 Å². The Labute approximate surface area is 63.4 Å². The Hall–Kier alpha value is -0.0800. The van der Waals surface area contributed by atoms with Crippen LogP contribution in [-0.4, -0.2) is 18.1 Å². The Kier molecular flexibility index (Phi) is 3.16. The van der Waals surface area contributed by atoms with Crippen molar-refractivity contribution in [2.75, 3.05) is 13.1 Å². The molecule has 1 atom stereocenters. The van der Waals surface area contributed by atoms with Crippen molar-refractivity contribution in [3.8, 4) is 0 Å². The molecule has 0 aliphatic carbocycles. The molecule has 2 heteroatoms. The molecule has 2 nitrogen and oxygen atoms in total. The molecule has 1 aliphatic rings. The molecule has 2 N–H and O–H groups in total. The van der Waals surface area contributed by atoms with Crippen molar-refractivity contribution in [3.05, 3.63) is 0 Å². The van der Waals surface area contributed by atoms with Gasteiger partial charge < -0.3 is 0 Å². The molecule has 1 fully saturated rings. The van der Waals surface area contributed by atoms with E-state index in [-0.39, 0.29) is 0 Å². The van der Waals surface area contributed by atoms with E-state index >= 15 is 0 Å². The van der Waals surface area contributed by atoms with Crippen molar-refractivity contribution < 1.29 is 0 Å². The van der Waals surface area contributed by atoms with E-state index in [9.17, 15) is 0 Å². The first-order valence-corrected chi connectivity index (χ1v) is 4.32. The maximum absolute atomic E-state index is 5.69. The summed E-state index contributed by atoms with van der Waals surface area (Å²) in [5, 5.41) is 1.96. The molecule has 0 aromatic heterocycles. The number of rotatable bonds is 2. The normalized spacial score (nSPS) is 28.8. The van der Waals surface area contributed by atoms with Gasteiger partial charge in [0.05, 0.1) is 0 Å². The predicted octanol–water partition coefficient (Wildman–Crippen LogP) is 1.37. The zero-order valence-electron chi connectivity index (χ0n) is 6.84. The minimum Gasteiger partial charge on any atom is -0.269 e. The quantitative estimate of drug-likeness (QED) is 0.590. The van der Waals surface area contributed by atoms with E-state index in [4.69, 9.17) is 5.84 Å². The summed E-state index contributed by atoms with van der Waals surface area (Å²) in [6.45, 7) is 4.46. The second-order valence-corrected chi connectivity index (χ2v) is 3.29. The van der Waals surface area contributed by atoms with Crippen LogP contribution >= 0.6 is 0 Å². The highest BCUT2D eigenvalue weighted by Gasteiger charge is 2.15. The van der Waals surface area contributed by atoms with Crippen molar-refractivity contribution in [2.45, 2.75) is 32.6 Å². The monoisotopic (exact) mass is 142 g/mol. The Bertz CT molecular complexity index is 91.3. The van der Waals surface area contributed by atoms with Crippen molar-refractivity contribution in [2.24, 2.45) is 11.8 Å². The minimum atomic E-state index is 0.878. The predicted molar refractivity (Wildman–Crippen MR) is 43.4 cm³/mol. The molecule has 0 amide bonds. The lowest BCUT2D eigenvalue weighted by Gasteiger charge is -2.28. The lowest BCUT2D eigenvalue weighted by atomic mass is 9.95. The average Bonchev–Trinajstić information content (AvgIpc) is 1.88. The molecule has 0 saturated carbocycles. The maximum Gasteiger partial charge on any atom is 0.0156 e. The summed E-state index contributed by atoms with van der Waals surface area (Å²) < 4.78 is 0. The fourth-order valence-corrected chi connectivity index (χ4v) is 1.74. The topological polar surface area (TPSA) is 29.3 Å². The zero-order valence-corrected chi connectivity index (χ0v) is 6.84. The van der Waals surface area contributed by atoms with Gasteiger partial charge in [0.1, 0.15) is 0 Å². The van der Waals surface area contributed by atoms with Crippen LogP contribution in [0.3, 0.4) is 0 Å². The van der Waals surface area contributed by atoms with Gasteiger partial charge in [-0.3, -0.25) is 5.84 Å². The third kappa shape index (κ3) is 2.27. The molecule has 1 heterocycles. The van der Waals surface area contributed by atoms with Gasteiger partial charge in [0, 0.05) is 13.1 Å².